The Morgan fingerprint density at radius 3 is 3.06 bits per heavy atom. The van der Waals surface area contributed by atoms with Crippen LogP contribution in [0.1, 0.15) is 12.0 Å². The first kappa shape index (κ1) is 10.5. The van der Waals surface area contributed by atoms with Crippen molar-refractivity contribution in [2.24, 2.45) is 0 Å². The van der Waals surface area contributed by atoms with Crippen molar-refractivity contribution in [2.75, 3.05) is 0 Å². The van der Waals surface area contributed by atoms with Gasteiger partial charge in [-0.15, -0.1) is 11.8 Å². The molecule has 1 unspecified atom stereocenters. The summed E-state index contributed by atoms with van der Waals surface area (Å²) in [4.78, 5) is 12.1. The highest BCUT2D eigenvalue weighted by Gasteiger charge is 2.31. The number of allylic oxidation sites excluding steroid dienone is 2. The van der Waals surface area contributed by atoms with Gasteiger partial charge in [-0.1, -0.05) is 18.2 Å². The van der Waals surface area contributed by atoms with Crippen LogP contribution in [0.3, 0.4) is 0 Å². The number of thioether (sulfide) groups is 1. The average Bonchev–Trinajstić information content (AvgIpc) is 2.67. The Balaban J connectivity index is 2.06. The van der Waals surface area contributed by atoms with Crippen molar-refractivity contribution >= 4 is 22.6 Å². The molecule has 1 aromatic carbocycles. The molecule has 17 heavy (non-hydrogen) atoms. The molecule has 86 valence electrons. The van der Waals surface area contributed by atoms with Crippen LogP contribution in [-0.2, 0) is 4.79 Å². The van der Waals surface area contributed by atoms with Crippen LogP contribution in [0.15, 0.2) is 42.2 Å². The molecule has 2 aliphatic rings. The summed E-state index contributed by atoms with van der Waals surface area (Å²) in [5.41, 5.74) is 2.04. The van der Waals surface area contributed by atoms with E-state index in [2.05, 4.69) is 0 Å². The number of carboxylic acid groups (broad SMARTS) is 1. The average molecular weight is 246 g/mol. The lowest BCUT2D eigenvalue weighted by atomic mass is 10.1. The molecule has 0 amide bonds. The van der Waals surface area contributed by atoms with Crippen LogP contribution in [0.4, 0.5) is 0 Å². The van der Waals surface area contributed by atoms with Gasteiger partial charge in [0.15, 0.2) is 0 Å². The molecule has 0 saturated carbocycles. The van der Waals surface area contributed by atoms with E-state index in [1.54, 1.807) is 6.26 Å². The van der Waals surface area contributed by atoms with E-state index in [1.165, 1.54) is 11.8 Å². The smallest absolute Gasteiger partial charge is 0.317 e. The zero-order chi connectivity index (χ0) is 11.8. The molecule has 2 aliphatic heterocycles. The highest BCUT2D eigenvalue weighted by atomic mass is 32.2. The van der Waals surface area contributed by atoms with Gasteiger partial charge in [0.2, 0.25) is 0 Å². The largest absolute Gasteiger partial charge is 0.480 e. The maximum absolute atomic E-state index is 11.0. The summed E-state index contributed by atoms with van der Waals surface area (Å²) in [6.07, 6.45) is 4.06. The van der Waals surface area contributed by atoms with E-state index in [0.717, 1.165) is 21.8 Å². The lowest BCUT2D eigenvalue weighted by Gasteiger charge is -2.08. The molecular weight excluding hydrogens is 236 g/mol. The summed E-state index contributed by atoms with van der Waals surface area (Å²) in [6, 6.07) is 7.71. The molecule has 2 heterocycles. The number of hydrogen-bond acceptors (Lipinski definition) is 3. The van der Waals surface area contributed by atoms with Gasteiger partial charge < -0.3 is 9.84 Å². The van der Waals surface area contributed by atoms with Gasteiger partial charge in [-0.25, -0.2) is 0 Å². The lowest BCUT2D eigenvalue weighted by Crippen LogP contribution is -2.12. The normalized spacial score (nSPS) is 21.5. The van der Waals surface area contributed by atoms with Crippen molar-refractivity contribution in [1.82, 2.24) is 0 Å². The van der Waals surface area contributed by atoms with Crippen LogP contribution in [0.25, 0.3) is 4.91 Å². The third-order valence-electron chi connectivity index (χ3n) is 2.83. The summed E-state index contributed by atoms with van der Waals surface area (Å²) in [5, 5.41) is 8.70. The second-order valence-corrected chi connectivity index (χ2v) is 5.13. The van der Waals surface area contributed by atoms with Crippen molar-refractivity contribution in [1.29, 1.82) is 0 Å². The fraction of sp³-hybridized carbons (Fsp3) is 0.154. The fourth-order valence-corrected chi connectivity index (χ4v) is 3.26. The Hall–Kier alpha value is -1.68. The van der Waals surface area contributed by atoms with E-state index in [0.29, 0.717) is 6.42 Å². The van der Waals surface area contributed by atoms with Gasteiger partial charge in [-0.05, 0) is 24.1 Å². The monoisotopic (exact) mass is 246 g/mol. The van der Waals surface area contributed by atoms with Gasteiger partial charge >= 0.3 is 5.97 Å². The topological polar surface area (TPSA) is 46.5 Å². The third kappa shape index (κ3) is 1.74. The Morgan fingerprint density at radius 2 is 2.24 bits per heavy atom. The number of ether oxygens (including phenoxy) is 1. The molecule has 0 radical (unpaired) electrons. The number of para-hydroxylation sites is 1. The molecule has 0 aliphatic carbocycles. The second-order valence-electron chi connectivity index (χ2n) is 3.92. The molecule has 0 fully saturated rings. The van der Waals surface area contributed by atoms with Crippen LogP contribution in [0.5, 0.6) is 5.75 Å². The van der Waals surface area contributed by atoms with Crippen molar-refractivity contribution < 1.29 is 14.6 Å². The summed E-state index contributed by atoms with van der Waals surface area (Å²) in [6.45, 7) is 0. The SMILES string of the molecule is O=C(O)C1CC2=C(S1)c1ccccc1OC=C2. The van der Waals surface area contributed by atoms with Crippen LogP contribution in [0, 0.1) is 0 Å². The number of benzene rings is 1. The van der Waals surface area contributed by atoms with Crippen LogP contribution < -0.4 is 4.74 Å². The van der Waals surface area contributed by atoms with E-state index in [9.17, 15) is 4.79 Å². The molecule has 0 bridgehead atoms. The van der Waals surface area contributed by atoms with E-state index in [-0.39, 0.29) is 5.25 Å². The van der Waals surface area contributed by atoms with Gasteiger partial charge in [0.25, 0.3) is 0 Å². The molecule has 3 rings (SSSR count). The number of fused-ring (bicyclic) bond motifs is 2. The standard InChI is InChI=1S/C13H10O3S/c14-13(15)11-7-8-5-6-16-10-4-2-1-3-9(10)12(8)17-11/h1-6,11H,7H2,(H,14,15). The predicted octanol–water partition coefficient (Wildman–Crippen LogP) is 2.89. The second kappa shape index (κ2) is 3.96. The number of carbonyl (C=O) groups is 1. The van der Waals surface area contributed by atoms with Crippen LogP contribution in [0.2, 0.25) is 0 Å². The van der Waals surface area contributed by atoms with Gasteiger partial charge in [0.1, 0.15) is 11.0 Å². The van der Waals surface area contributed by atoms with E-state index in [4.69, 9.17) is 9.84 Å². The Labute approximate surface area is 103 Å². The minimum atomic E-state index is -0.755. The predicted molar refractivity (Wildman–Crippen MR) is 66.8 cm³/mol. The first-order valence-electron chi connectivity index (χ1n) is 5.31. The number of carboxylic acids is 1. The summed E-state index contributed by atoms with van der Waals surface area (Å²) < 4.78 is 5.50. The van der Waals surface area contributed by atoms with Crippen molar-refractivity contribution in [3.8, 4) is 5.75 Å². The molecule has 1 aromatic rings. The zero-order valence-corrected chi connectivity index (χ0v) is 9.74. The van der Waals surface area contributed by atoms with Gasteiger partial charge in [0.05, 0.1) is 6.26 Å². The van der Waals surface area contributed by atoms with E-state index >= 15 is 0 Å². The van der Waals surface area contributed by atoms with Crippen LogP contribution >= 0.6 is 11.8 Å². The van der Waals surface area contributed by atoms with Crippen molar-refractivity contribution in [2.45, 2.75) is 11.7 Å². The molecule has 4 heteroatoms. The summed E-state index contributed by atoms with van der Waals surface area (Å²) in [7, 11) is 0. The summed E-state index contributed by atoms with van der Waals surface area (Å²) >= 11 is 1.41. The maximum atomic E-state index is 11.0. The van der Waals surface area contributed by atoms with Gasteiger partial charge in [-0.3, -0.25) is 4.79 Å². The summed E-state index contributed by atoms with van der Waals surface area (Å²) in [5.74, 6) is 0.0298. The Bertz CT molecular complexity index is 545. The Kier molecular flexibility index (Phi) is 2.44. The van der Waals surface area contributed by atoms with Crippen LogP contribution in [-0.4, -0.2) is 16.3 Å². The zero-order valence-electron chi connectivity index (χ0n) is 8.92. The molecule has 0 spiro atoms. The molecule has 1 atom stereocenters. The first-order chi connectivity index (χ1) is 8.25. The fourth-order valence-electron chi connectivity index (χ4n) is 2.02. The highest BCUT2D eigenvalue weighted by molar-refractivity contribution is 8.09. The minimum Gasteiger partial charge on any atom is -0.480 e. The minimum absolute atomic E-state index is 0.379. The highest BCUT2D eigenvalue weighted by Crippen LogP contribution is 2.48. The van der Waals surface area contributed by atoms with Crippen molar-refractivity contribution in [3.05, 3.63) is 47.7 Å². The Morgan fingerprint density at radius 1 is 1.41 bits per heavy atom. The maximum Gasteiger partial charge on any atom is 0.317 e. The molecule has 0 saturated heterocycles. The number of rotatable bonds is 1. The molecule has 1 N–H and O–H groups in total. The van der Waals surface area contributed by atoms with Gasteiger partial charge in [-0.2, -0.15) is 0 Å². The molecule has 0 aromatic heterocycles. The lowest BCUT2D eigenvalue weighted by molar-refractivity contribution is -0.136. The first-order valence-corrected chi connectivity index (χ1v) is 6.19. The quantitative estimate of drug-likeness (QED) is 0.827. The van der Waals surface area contributed by atoms with Crippen molar-refractivity contribution in [3.63, 3.8) is 0 Å². The molecular formula is C13H10O3S. The van der Waals surface area contributed by atoms with E-state index < -0.39 is 5.97 Å². The van der Waals surface area contributed by atoms with E-state index in [1.807, 2.05) is 30.3 Å². The number of hydrogen-bond donors (Lipinski definition) is 1. The molecule has 3 nitrogen and oxygen atoms in total. The van der Waals surface area contributed by atoms with Gasteiger partial charge in [0, 0.05) is 10.5 Å². The third-order valence-corrected chi connectivity index (χ3v) is 4.20. The number of aliphatic carboxylic acids is 1.